The highest BCUT2D eigenvalue weighted by atomic mass is 32.2. The lowest BCUT2D eigenvalue weighted by molar-refractivity contribution is 0.520. The third-order valence-electron chi connectivity index (χ3n) is 4.30. The van der Waals surface area contributed by atoms with Gasteiger partial charge < -0.3 is 5.32 Å². The summed E-state index contributed by atoms with van der Waals surface area (Å²) in [6.07, 6.45) is 1.78. The Kier molecular flexibility index (Phi) is 6.01. The van der Waals surface area contributed by atoms with Crippen molar-refractivity contribution in [3.63, 3.8) is 0 Å². The standard InChI is InChI=1S/C21H23N3O2S/c1-24(2)27(25,26)19-12-8-9-17(15-19)16-23-21(18-10-4-3-5-11-18)20-13-6-7-14-22-20/h3-15,21,23H,16H2,1-2H3. The summed E-state index contributed by atoms with van der Waals surface area (Å²) in [7, 11) is -0.380. The van der Waals surface area contributed by atoms with Gasteiger partial charge in [0.05, 0.1) is 16.6 Å². The maximum atomic E-state index is 12.4. The summed E-state index contributed by atoms with van der Waals surface area (Å²) in [4.78, 5) is 4.78. The highest BCUT2D eigenvalue weighted by molar-refractivity contribution is 7.89. The summed E-state index contributed by atoms with van der Waals surface area (Å²) < 4.78 is 25.9. The van der Waals surface area contributed by atoms with Gasteiger partial charge in [0.15, 0.2) is 0 Å². The molecule has 0 saturated carbocycles. The number of rotatable bonds is 7. The molecule has 0 amide bonds. The van der Waals surface area contributed by atoms with E-state index in [0.717, 1.165) is 16.8 Å². The number of nitrogens with zero attached hydrogens (tertiary/aromatic N) is 2. The van der Waals surface area contributed by atoms with Gasteiger partial charge in [-0.15, -0.1) is 0 Å². The molecule has 0 fully saturated rings. The predicted molar refractivity (Wildman–Crippen MR) is 107 cm³/mol. The van der Waals surface area contributed by atoms with Crippen LogP contribution in [0.1, 0.15) is 22.9 Å². The Hall–Kier alpha value is -2.54. The quantitative estimate of drug-likeness (QED) is 0.683. The number of hydrogen-bond donors (Lipinski definition) is 1. The van der Waals surface area contributed by atoms with Crippen LogP contribution < -0.4 is 5.32 Å². The molecule has 27 heavy (non-hydrogen) atoms. The van der Waals surface area contributed by atoms with Gasteiger partial charge in [-0.1, -0.05) is 48.5 Å². The lowest BCUT2D eigenvalue weighted by Crippen LogP contribution is -2.24. The molecule has 1 N–H and O–H groups in total. The Morgan fingerprint density at radius 1 is 0.963 bits per heavy atom. The number of hydrogen-bond acceptors (Lipinski definition) is 4. The minimum atomic E-state index is -3.45. The fourth-order valence-electron chi connectivity index (χ4n) is 2.83. The minimum Gasteiger partial charge on any atom is -0.301 e. The molecular formula is C21H23N3O2S. The largest absolute Gasteiger partial charge is 0.301 e. The van der Waals surface area contributed by atoms with Crippen molar-refractivity contribution in [3.05, 3.63) is 95.8 Å². The van der Waals surface area contributed by atoms with Crippen LogP contribution in [0.3, 0.4) is 0 Å². The molecule has 0 radical (unpaired) electrons. The van der Waals surface area contributed by atoms with E-state index in [9.17, 15) is 8.42 Å². The lowest BCUT2D eigenvalue weighted by Gasteiger charge is -2.19. The molecule has 5 nitrogen and oxygen atoms in total. The zero-order valence-corrected chi connectivity index (χ0v) is 16.2. The van der Waals surface area contributed by atoms with Crippen LogP contribution in [0.5, 0.6) is 0 Å². The molecular weight excluding hydrogens is 358 g/mol. The van der Waals surface area contributed by atoms with Crippen LogP contribution in [-0.4, -0.2) is 31.8 Å². The summed E-state index contributed by atoms with van der Waals surface area (Å²) in [5.74, 6) is 0. The molecule has 2 aromatic carbocycles. The van der Waals surface area contributed by atoms with E-state index in [4.69, 9.17) is 0 Å². The van der Waals surface area contributed by atoms with Crippen molar-refractivity contribution < 1.29 is 8.42 Å². The predicted octanol–water partition coefficient (Wildman–Crippen LogP) is 3.21. The highest BCUT2D eigenvalue weighted by Crippen LogP contribution is 2.21. The molecule has 0 aliphatic rings. The van der Waals surface area contributed by atoms with Crippen LogP contribution >= 0.6 is 0 Å². The van der Waals surface area contributed by atoms with E-state index in [0.29, 0.717) is 11.4 Å². The number of sulfonamides is 1. The van der Waals surface area contributed by atoms with E-state index in [2.05, 4.69) is 22.4 Å². The number of pyridine rings is 1. The highest BCUT2D eigenvalue weighted by Gasteiger charge is 2.18. The van der Waals surface area contributed by atoms with E-state index in [1.54, 1.807) is 24.4 Å². The Labute approximate surface area is 160 Å². The van der Waals surface area contributed by atoms with Crippen molar-refractivity contribution in [2.24, 2.45) is 0 Å². The second kappa shape index (κ2) is 8.43. The molecule has 140 valence electrons. The first-order chi connectivity index (χ1) is 13.0. The van der Waals surface area contributed by atoms with Crippen molar-refractivity contribution >= 4 is 10.0 Å². The first kappa shape index (κ1) is 19.2. The molecule has 3 rings (SSSR count). The summed E-state index contributed by atoms with van der Waals surface area (Å²) in [5, 5.41) is 3.51. The maximum Gasteiger partial charge on any atom is 0.242 e. The van der Waals surface area contributed by atoms with Crippen LogP contribution in [0, 0.1) is 0 Å². The molecule has 6 heteroatoms. The van der Waals surface area contributed by atoms with Crippen molar-refractivity contribution in [3.8, 4) is 0 Å². The fourth-order valence-corrected chi connectivity index (χ4v) is 3.80. The lowest BCUT2D eigenvalue weighted by atomic mass is 10.0. The van der Waals surface area contributed by atoms with Crippen molar-refractivity contribution in [2.75, 3.05) is 14.1 Å². The molecule has 0 spiro atoms. The zero-order chi connectivity index (χ0) is 19.3. The first-order valence-corrected chi connectivity index (χ1v) is 10.1. The van der Waals surface area contributed by atoms with Gasteiger partial charge in [-0.25, -0.2) is 12.7 Å². The monoisotopic (exact) mass is 381 g/mol. The van der Waals surface area contributed by atoms with Gasteiger partial charge >= 0.3 is 0 Å². The minimum absolute atomic E-state index is 0.0819. The average molecular weight is 382 g/mol. The number of nitrogens with one attached hydrogen (secondary N) is 1. The SMILES string of the molecule is CN(C)S(=O)(=O)c1cccc(CNC(c2ccccc2)c2ccccn2)c1. The molecule has 0 aliphatic carbocycles. The maximum absolute atomic E-state index is 12.4. The van der Waals surface area contributed by atoms with Crippen LogP contribution in [0.25, 0.3) is 0 Å². The van der Waals surface area contributed by atoms with E-state index in [1.165, 1.54) is 18.4 Å². The summed E-state index contributed by atoms with van der Waals surface area (Å²) in [6, 6.07) is 22.9. The number of aromatic nitrogens is 1. The summed E-state index contributed by atoms with van der Waals surface area (Å²) in [6.45, 7) is 0.521. The molecule has 1 unspecified atom stereocenters. The molecule has 3 aromatic rings. The molecule has 0 bridgehead atoms. The van der Waals surface area contributed by atoms with Crippen molar-refractivity contribution in [1.82, 2.24) is 14.6 Å². The topological polar surface area (TPSA) is 62.3 Å². The van der Waals surface area contributed by atoms with Crippen molar-refractivity contribution in [1.29, 1.82) is 0 Å². The van der Waals surface area contributed by atoms with Gasteiger partial charge in [-0.05, 0) is 35.4 Å². The Bertz CT molecular complexity index is 935. The molecule has 0 saturated heterocycles. The van der Waals surface area contributed by atoms with Gasteiger partial charge in [-0.2, -0.15) is 0 Å². The Morgan fingerprint density at radius 3 is 2.37 bits per heavy atom. The molecule has 1 aromatic heterocycles. The van der Waals surface area contributed by atoms with Crippen LogP contribution in [-0.2, 0) is 16.6 Å². The Balaban J connectivity index is 1.85. The normalized spacial score (nSPS) is 12.9. The third kappa shape index (κ3) is 4.60. The second-order valence-corrected chi connectivity index (χ2v) is 8.57. The second-order valence-electron chi connectivity index (χ2n) is 6.41. The van der Waals surface area contributed by atoms with Gasteiger partial charge in [-0.3, -0.25) is 4.98 Å². The van der Waals surface area contributed by atoms with Crippen LogP contribution in [0.2, 0.25) is 0 Å². The summed E-state index contributed by atoms with van der Waals surface area (Å²) in [5.41, 5.74) is 2.92. The Morgan fingerprint density at radius 2 is 1.70 bits per heavy atom. The zero-order valence-electron chi connectivity index (χ0n) is 15.4. The average Bonchev–Trinajstić information content (AvgIpc) is 2.70. The molecule has 1 heterocycles. The van der Waals surface area contributed by atoms with Gasteiger partial charge in [0.2, 0.25) is 10.0 Å². The van der Waals surface area contributed by atoms with Crippen LogP contribution in [0.4, 0.5) is 0 Å². The van der Waals surface area contributed by atoms with Gasteiger partial charge in [0.1, 0.15) is 0 Å². The smallest absolute Gasteiger partial charge is 0.242 e. The van der Waals surface area contributed by atoms with E-state index in [1.807, 2.05) is 42.5 Å². The summed E-state index contributed by atoms with van der Waals surface area (Å²) >= 11 is 0. The molecule has 0 aliphatic heterocycles. The van der Waals surface area contributed by atoms with E-state index < -0.39 is 10.0 Å². The van der Waals surface area contributed by atoms with Crippen LogP contribution in [0.15, 0.2) is 83.9 Å². The fraction of sp³-hybridized carbons (Fsp3) is 0.190. The van der Waals surface area contributed by atoms with E-state index >= 15 is 0 Å². The molecule has 1 atom stereocenters. The third-order valence-corrected chi connectivity index (χ3v) is 6.11. The van der Waals surface area contributed by atoms with Crippen molar-refractivity contribution in [2.45, 2.75) is 17.5 Å². The van der Waals surface area contributed by atoms with E-state index in [-0.39, 0.29) is 6.04 Å². The van der Waals surface area contributed by atoms with Gasteiger partial charge in [0.25, 0.3) is 0 Å². The van der Waals surface area contributed by atoms with Gasteiger partial charge in [0, 0.05) is 26.8 Å². The number of benzene rings is 2. The first-order valence-electron chi connectivity index (χ1n) is 8.69.